The number of aromatic nitrogens is 1. The number of H-pyrrole nitrogens is 1. The van der Waals surface area contributed by atoms with Crippen LogP contribution in [0, 0.1) is 17.8 Å². The minimum Gasteiger partial charge on any atom is -0.337 e. The van der Waals surface area contributed by atoms with E-state index in [1.54, 1.807) is 11.3 Å². The maximum atomic E-state index is 5.21. The van der Waals surface area contributed by atoms with Crippen molar-refractivity contribution < 1.29 is 0 Å². The summed E-state index contributed by atoms with van der Waals surface area (Å²) in [5, 5.41) is 0. The van der Waals surface area contributed by atoms with Crippen molar-refractivity contribution in [1.82, 2.24) is 4.98 Å². The molecule has 0 aliphatic carbocycles. The molecule has 0 radical (unpaired) electrons. The molecule has 16 heavy (non-hydrogen) atoms. The monoisotopic (exact) mass is 249 g/mol. The quantitative estimate of drug-likeness (QED) is 0.766. The average Bonchev–Trinajstić information content (AvgIpc) is 2.63. The predicted octanol–water partition coefficient (Wildman–Crippen LogP) is 4.65. The van der Waals surface area contributed by atoms with Gasteiger partial charge in [0.1, 0.15) is 0 Å². The first kappa shape index (κ1) is 11.6. The second kappa shape index (κ2) is 4.52. The molecule has 1 nitrogen and oxygen atoms in total. The summed E-state index contributed by atoms with van der Waals surface area (Å²) < 4.78 is 0.866. The maximum absolute atomic E-state index is 5.21. The molecule has 0 aliphatic heterocycles. The lowest BCUT2D eigenvalue weighted by Crippen LogP contribution is -1.86. The molecule has 0 aliphatic rings. The highest BCUT2D eigenvalue weighted by atomic mass is 32.1. The van der Waals surface area contributed by atoms with Crippen LogP contribution in [-0.4, -0.2) is 4.98 Å². The fraction of sp³-hybridized carbons (Fsp3) is 0.308. The molecule has 2 rings (SSSR count). The molecule has 0 fully saturated rings. The van der Waals surface area contributed by atoms with E-state index in [9.17, 15) is 0 Å². The van der Waals surface area contributed by atoms with E-state index in [-0.39, 0.29) is 0 Å². The Bertz CT molecular complexity index is 564. The molecule has 1 aromatic heterocycles. The number of thiazole rings is 1. The van der Waals surface area contributed by atoms with Crippen LogP contribution in [0.25, 0.3) is 11.3 Å². The predicted molar refractivity (Wildman–Crippen MR) is 73.8 cm³/mol. The van der Waals surface area contributed by atoms with Gasteiger partial charge in [0.2, 0.25) is 0 Å². The second-order valence-corrected chi connectivity index (χ2v) is 5.74. The van der Waals surface area contributed by atoms with Crippen molar-refractivity contribution in [2.75, 3.05) is 0 Å². The molecule has 0 amide bonds. The average molecular weight is 249 g/mol. The standard InChI is InChI=1S/C13H15NS2/c1-4-11-12(14-13(15)16-11)10-6-5-8(2)9(3)7-10/h5-7H,4H2,1-3H3,(H,14,15). The van der Waals surface area contributed by atoms with E-state index in [4.69, 9.17) is 12.2 Å². The number of aromatic amines is 1. The zero-order valence-electron chi connectivity index (χ0n) is 9.76. The Balaban J connectivity index is 2.57. The third-order valence-corrected chi connectivity index (χ3v) is 4.22. The Morgan fingerprint density at radius 1 is 1.25 bits per heavy atom. The Labute approximate surface area is 105 Å². The summed E-state index contributed by atoms with van der Waals surface area (Å²) in [5.41, 5.74) is 5.09. The molecule has 0 atom stereocenters. The minimum absolute atomic E-state index is 0.866. The Hall–Kier alpha value is -0.930. The normalized spacial score (nSPS) is 10.7. The molecule has 2 aromatic rings. The first-order valence-corrected chi connectivity index (χ1v) is 6.64. The van der Waals surface area contributed by atoms with E-state index >= 15 is 0 Å². The molecule has 3 heteroatoms. The van der Waals surface area contributed by atoms with Gasteiger partial charge in [-0.05, 0) is 55.2 Å². The van der Waals surface area contributed by atoms with Crippen LogP contribution >= 0.6 is 23.6 Å². The topological polar surface area (TPSA) is 15.8 Å². The van der Waals surface area contributed by atoms with Gasteiger partial charge in [-0.3, -0.25) is 0 Å². The summed E-state index contributed by atoms with van der Waals surface area (Å²) in [6.07, 6.45) is 1.03. The van der Waals surface area contributed by atoms with Gasteiger partial charge in [0.05, 0.1) is 5.69 Å². The largest absolute Gasteiger partial charge is 0.337 e. The van der Waals surface area contributed by atoms with Gasteiger partial charge in [0, 0.05) is 4.88 Å². The number of hydrogen-bond donors (Lipinski definition) is 1. The molecular weight excluding hydrogens is 234 g/mol. The summed E-state index contributed by atoms with van der Waals surface area (Å²) in [7, 11) is 0. The van der Waals surface area contributed by atoms with E-state index in [2.05, 4.69) is 44.0 Å². The smallest absolute Gasteiger partial charge is 0.159 e. The van der Waals surface area contributed by atoms with E-state index in [1.807, 2.05) is 0 Å². The molecule has 0 unspecified atom stereocenters. The van der Waals surface area contributed by atoms with Crippen LogP contribution in [-0.2, 0) is 6.42 Å². The first-order valence-electron chi connectivity index (χ1n) is 5.41. The van der Waals surface area contributed by atoms with E-state index in [0.717, 1.165) is 10.4 Å². The van der Waals surface area contributed by atoms with Gasteiger partial charge in [-0.15, -0.1) is 11.3 Å². The van der Waals surface area contributed by atoms with Crippen molar-refractivity contribution in [2.45, 2.75) is 27.2 Å². The molecule has 84 valence electrons. The van der Waals surface area contributed by atoms with E-state index < -0.39 is 0 Å². The van der Waals surface area contributed by atoms with Crippen LogP contribution < -0.4 is 0 Å². The molecule has 0 saturated heterocycles. The molecule has 0 spiro atoms. The van der Waals surface area contributed by atoms with Crippen LogP contribution in [0.2, 0.25) is 0 Å². The maximum Gasteiger partial charge on any atom is 0.159 e. The van der Waals surface area contributed by atoms with Crippen LogP contribution in [0.15, 0.2) is 18.2 Å². The first-order chi connectivity index (χ1) is 7.61. The van der Waals surface area contributed by atoms with Crippen molar-refractivity contribution in [1.29, 1.82) is 0 Å². The van der Waals surface area contributed by atoms with Crippen LogP contribution in [0.1, 0.15) is 22.9 Å². The zero-order chi connectivity index (χ0) is 11.7. The van der Waals surface area contributed by atoms with Crippen LogP contribution in [0.4, 0.5) is 0 Å². The Morgan fingerprint density at radius 2 is 2.00 bits per heavy atom. The van der Waals surface area contributed by atoms with Gasteiger partial charge in [-0.1, -0.05) is 19.1 Å². The minimum atomic E-state index is 0.866. The number of benzene rings is 1. The highest BCUT2D eigenvalue weighted by Gasteiger charge is 2.07. The number of aryl methyl sites for hydroxylation is 3. The SMILES string of the molecule is CCc1sc(=S)[nH]c1-c1ccc(C)c(C)c1. The molecule has 0 saturated carbocycles. The lowest BCUT2D eigenvalue weighted by Gasteiger charge is -2.05. The van der Waals surface area contributed by atoms with Gasteiger partial charge >= 0.3 is 0 Å². The number of rotatable bonds is 2. The highest BCUT2D eigenvalue weighted by Crippen LogP contribution is 2.28. The van der Waals surface area contributed by atoms with Gasteiger partial charge in [-0.2, -0.15) is 0 Å². The third-order valence-electron chi connectivity index (χ3n) is 2.84. The van der Waals surface area contributed by atoms with Gasteiger partial charge < -0.3 is 4.98 Å². The molecular formula is C13H15NS2. The molecule has 1 heterocycles. The highest BCUT2D eigenvalue weighted by molar-refractivity contribution is 7.73. The number of nitrogens with one attached hydrogen (secondary N) is 1. The Morgan fingerprint density at radius 3 is 2.62 bits per heavy atom. The summed E-state index contributed by atoms with van der Waals surface area (Å²) in [6, 6.07) is 6.55. The van der Waals surface area contributed by atoms with Crippen LogP contribution in [0.3, 0.4) is 0 Å². The van der Waals surface area contributed by atoms with E-state index in [0.29, 0.717) is 0 Å². The van der Waals surface area contributed by atoms with Gasteiger partial charge in [0.25, 0.3) is 0 Å². The van der Waals surface area contributed by atoms with Crippen molar-refractivity contribution >= 4 is 23.6 Å². The lowest BCUT2D eigenvalue weighted by molar-refractivity contribution is 1.17. The fourth-order valence-corrected chi connectivity index (χ4v) is 2.94. The van der Waals surface area contributed by atoms with Crippen molar-refractivity contribution in [2.24, 2.45) is 0 Å². The number of hydrogen-bond acceptors (Lipinski definition) is 2. The summed E-state index contributed by atoms with van der Waals surface area (Å²) in [4.78, 5) is 4.63. The van der Waals surface area contributed by atoms with E-state index in [1.165, 1.54) is 27.3 Å². The van der Waals surface area contributed by atoms with Crippen molar-refractivity contribution in [3.63, 3.8) is 0 Å². The summed E-state index contributed by atoms with van der Waals surface area (Å²) >= 11 is 6.89. The van der Waals surface area contributed by atoms with Gasteiger partial charge in [-0.25, -0.2) is 0 Å². The summed E-state index contributed by atoms with van der Waals surface area (Å²) in [6.45, 7) is 6.44. The lowest BCUT2D eigenvalue weighted by atomic mass is 10.0. The van der Waals surface area contributed by atoms with Gasteiger partial charge in [0.15, 0.2) is 3.95 Å². The summed E-state index contributed by atoms with van der Waals surface area (Å²) in [5.74, 6) is 0. The third kappa shape index (κ3) is 2.11. The van der Waals surface area contributed by atoms with Crippen molar-refractivity contribution in [3.05, 3.63) is 38.2 Å². The Kier molecular flexibility index (Phi) is 3.26. The molecule has 0 bridgehead atoms. The van der Waals surface area contributed by atoms with Crippen LogP contribution in [0.5, 0.6) is 0 Å². The van der Waals surface area contributed by atoms with Crippen molar-refractivity contribution in [3.8, 4) is 11.3 Å². The molecule has 1 N–H and O–H groups in total. The fourth-order valence-electron chi connectivity index (χ4n) is 1.74. The zero-order valence-corrected chi connectivity index (χ0v) is 11.4. The molecule has 1 aromatic carbocycles. The second-order valence-electron chi connectivity index (χ2n) is 3.97.